The van der Waals surface area contributed by atoms with E-state index in [-0.39, 0.29) is 17.5 Å². The van der Waals surface area contributed by atoms with Crippen LogP contribution in [0.3, 0.4) is 0 Å². The lowest BCUT2D eigenvalue weighted by Gasteiger charge is -2.27. The molecular weight excluding hydrogens is 217 g/mol. The molecule has 92 valence electrons. The summed E-state index contributed by atoms with van der Waals surface area (Å²) in [6.45, 7) is 2.20. The maximum absolute atomic E-state index is 13.4. The van der Waals surface area contributed by atoms with Gasteiger partial charge in [-0.05, 0) is 30.9 Å². The molecule has 0 saturated heterocycles. The van der Waals surface area contributed by atoms with Gasteiger partial charge in [-0.15, -0.1) is 0 Å². The molecule has 0 heterocycles. The number of hydrogen-bond acceptors (Lipinski definition) is 1. The van der Waals surface area contributed by atoms with Gasteiger partial charge in [0.2, 0.25) is 0 Å². The van der Waals surface area contributed by atoms with Crippen molar-refractivity contribution in [3.05, 3.63) is 35.6 Å². The van der Waals surface area contributed by atoms with E-state index in [0.717, 1.165) is 19.3 Å². The number of carbonyl (C=O) groups excluding carboxylic acids is 1. The van der Waals surface area contributed by atoms with E-state index in [1.54, 1.807) is 12.1 Å². The third-order valence-corrected chi connectivity index (χ3v) is 3.39. The molecule has 1 aromatic rings. The Morgan fingerprint density at radius 2 is 2.12 bits per heavy atom. The fourth-order valence-corrected chi connectivity index (χ4v) is 2.47. The van der Waals surface area contributed by atoms with Gasteiger partial charge in [0.05, 0.1) is 5.56 Å². The topological polar surface area (TPSA) is 29.1 Å². The van der Waals surface area contributed by atoms with E-state index in [1.165, 1.54) is 18.6 Å². The molecule has 0 aliphatic heterocycles. The average Bonchev–Trinajstić information content (AvgIpc) is 2.29. The molecule has 0 bridgehead atoms. The van der Waals surface area contributed by atoms with Crippen LogP contribution in [0.4, 0.5) is 4.39 Å². The van der Waals surface area contributed by atoms with Gasteiger partial charge in [-0.1, -0.05) is 31.9 Å². The molecule has 1 amide bonds. The van der Waals surface area contributed by atoms with Crippen LogP contribution in [0.15, 0.2) is 24.3 Å². The molecule has 17 heavy (non-hydrogen) atoms. The largest absolute Gasteiger partial charge is 0.349 e. The molecule has 1 aliphatic carbocycles. The number of rotatable bonds is 2. The zero-order chi connectivity index (χ0) is 12.3. The molecule has 2 atom stereocenters. The van der Waals surface area contributed by atoms with E-state index in [0.29, 0.717) is 5.92 Å². The molecule has 0 radical (unpaired) electrons. The minimum absolute atomic E-state index is 0.144. The normalized spacial score (nSPS) is 24.4. The van der Waals surface area contributed by atoms with Gasteiger partial charge in [-0.25, -0.2) is 4.39 Å². The van der Waals surface area contributed by atoms with E-state index >= 15 is 0 Å². The highest BCUT2D eigenvalue weighted by Gasteiger charge is 2.21. The number of hydrogen-bond donors (Lipinski definition) is 1. The minimum Gasteiger partial charge on any atom is -0.349 e. The smallest absolute Gasteiger partial charge is 0.254 e. The third-order valence-electron chi connectivity index (χ3n) is 3.39. The number of benzene rings is 1. The van der Waals surface area contributed by atoms with Crippen LogP contribution in [0.5, 0.6) is 0 Å². The maximum atomic E-state index is 13.4. The number of halogens is 1. The molecular formula is C14H18FNO. The van der Waals surface area contributed by atoms with E-state index in [9.17, 15) is 9.18 Å². The Hall–Kier alpha value is -1.38. The number of nitrogens with one attached hydrogen (secondary N) is 1. The molecule has 0 spiro atoms. The lowest BCUT2D eigenvalue weighted by Crippen LogP contribution is -2.38. The maximum Gasteiger partial charge on any atom is 0.254 e. The number of carbonyl (C=O) groups is 1. The van der Waals surface area contributed by atoms with E-state index in [2.05, 4.69) is 12.2 Å². The van der Waals surface area contributed by atoms with Crippen molar-refractivity contribution in [2.24, 2.45) is 5.92 Å². The van der Waals surface area contributed by atoms with Gasteiger partial charge in [-0.2, -0.15) is 0 Å². The van der Waals surface area contributed by atoms with Crippen molar-refractivity contribution in [2.75, 3.05) is 0 Å². The van der Waals surface area contributed by atoms with Crippen LogP contribution < -0.4 is 5.32 Å². The second-order valence-corrected chi connectivity index (χ2v) is 4.92. The Labute approximate surface area is 101 Å². The molecule has 1 saturated carbocycles. The van der Waals surface area contributed by atoms with Crippen molar-refractivity contribution >= 4 is 5.91 Å². The van der Waals surface area contributed by atoms with Crippen molar-refractivity contribution in [1.29, 1.82) is 0 Å². The standard InChI is InChI=1S/C14H18FNO/c1-10-5-4-6-11(9-10)16-14(17)12-7-2-3-8-13(12)15/h2-3,7-8,10-11H,4-6,9H2,1H3,(H,16,17)/t10-,11-/m0/s1. The highest BCUT2D eigenvalue weighted by molar-refractivity contribution is 5.94. The van der Waals surface area contributed by atoms with Crippen molar-refractivity contribution in [3.63, 3.8) is 0 Å². The quantitative estimate of drug-likeness (QED) is 0.838. The van der Waals surface area contributed by atoms with Gasteiger partial charge < -0.3 is 5.32 Å². The summed E-state index contributed by atoms with van der Waals surface area (Å²) in [5.41, 5.74) is 0.144. The summed E-state index contributed by atoms with van der Waals surface area (Å²) in [5, 5.41) is 2.93. The molecule has 1 aliphatic rings. The SMILES string of the molecule is C[C@H]1CCC[C@H](NC(=O)c2ccccc2F)C1. The van der Waals surface area contributed by atoms with Crippen LogP contribution in [-0.2, 0) is 0 Å². The Balaban J connectivity index is 1.99. The van der Waals surface area contributed by atoms with Gasteiger partial charge in [0.15, 0.2) is 0 Å². The summed E-state index contributed by atoms with van der Waals surface area (Å²) in [5.74, 6) is -0.0919. The lowest BCUT2D eigenvalue weighted by atomic mass is 9.87. The second-order valence-electron chi connectivity index (χ2n) is 4.92. The van der Waals surface area contributed by atoms with Gasteiger partial charge in [0, 0.05) is 6.04 Å². The summed E-state index contributed by atoms with van der Waals surface area (Å²) < 4.78 is 13.4. The summed E-state index contributed by atoms with van der Waals surface area (Å²) in [4.78, 5) is 11.9. The second kappa shape index (κ2) is 5.30. The van der Waals surface area contributed by atoms with Crippen molar-refractivity contribution < 1.29 is 9.18 Å². The van der Waals surface area contributed by atoms with E-state index in [1.807, 2.05) is 0 Å². The first-order chi connectivity index (χ1) is 8.16. The fourth-order valence-electron chi connectivity index (χ4n) is 2.47. The molecule has 0 aromatic heterocycles. The van der Waals surface area contributed by atoms with Crippen LogP contribution in [0.1, 0.15) is 43.0 Å². The first-order valence-corrected chi connectivity index (χ1v) is 6.22. The van der Waals surface area contributed by atoms with Gasteiger partial charge >= 0.3 is 0 Å². The van der Waals surface area contributed by atoms with Crippen LogP contribution in [0.25, 0.3) is 0 Å². The zero-order valence-corrected chi connectivity index (χ0v) is 10.1. The van der Waals surface area contributed by atoms with Gasteiger partial charge in [0.25, 0.3) is 5.91 Å². The van der Waals surface area contributed by atoms with E-state index < -0.39 is 5.82 Å². The van der Waals surface area contributed by atoms with Crippen LogP contribution >= 0.6 is 0 Å². The summed E-state index contributed by atoms with van der Waals surface area (Å²) in [7, 11) is 0. The average molecular weight is 235 g/mol. The molecule has 3 heteroatoms. The zero-order valence-electron chi connectivity index (χ0n) is 10.1. The van der Waals surface area contributed by atoms with Crippen LogP contribution in [-0.4, -0.2) is 11.9 Å². The molecule has 2 nitrogen and oxygen atoms in total. The Kier molecular flexibility index (Phi) is 3.77. The van der Waals surface area contributed by atoms with Gasteiger partial charge in [-0.3, -0.25) is 4.79 Å². The predicted molar refractivity (Wildman–Crippen MR) is 65.3 cm³/mol. The predicted octanol–water partition coefficient (Wildman–Crippen LogP) is 3.13. The Morgan fingerprint density at radius 1 is 1.35 bits per heavy atom. The minimum atomic E-state index is -0.450. The molecule has 2 rings (SSSR count). The Morgan fingerprint density at radius 3 is 2.82 bits per heavy atom. The van der Waals surface area contributed by atoms with Gasteiger partial charge in [0.1, 0.15) is 5.82 Å². The lowest BCUT2D eigenvalue weighted by molar-refractivity contribution is 0.0917. The Bertz CT molecular complexity index is 405. The third kappa shape index (κ3) is 3.05. The summed E-state index contributed by atoms with van der Waals surface area (Å²) in [6, 6.07) is 6.32. The highest BCUT2D eigenvalue weighted by Crippen LogP contribution is 2.23. The van der Waals surface area contributed by atoms with E-state index in [4.69, 9.17) is 0 Å². The first kappa shape index (κ1) is 12.1. The van der Waals surface area contributed by atoms with Crippen molar-refractivity contribution in [1.82, 2.24) is 5.32 Å². The van der Waals surface area contributed by atoms with Crippen LogP contribution in [0, 0.1) is 11.7 Å². The van der Waals surface area contributed by atoms with Crippen LogP contribution in [0.2, 0.25) is 0 Å². The molecule has 1 aromatic carbocycles. The van der Waals surface area contributed by atoms with Crippen molar-refractivity contribution in [3.8, 4) is 0 Å². The monoisotopic (exact) mass is 235 g/mol. The number of amides is 1. The highest BCUT2D eigenvalue weighted by atomic mass is 19.1. The molecule has 1 N–H and O–H groups in total. The molecule has 0 unspecified atom stereocenters. The van der Waals surface area contributed by atoms with Crippen molar-refractivity contribution in [2.45, 2.75) is 38.6 Å². The molecule has 1 fully saturated rings. The summed E-state index contributed by atoms with van der Waals surface area (Å²) in [6.07, 6.45) is 4.38. The fraction of sp³-hybridized carbons (Fsp3) is 0.500. The first-order valence-electron chi connectivity index (χ1n) is 6.22. The summed E-state index contributed by atoms with van der Waals surface area (Å²) >= 11 is 0.